The quantitative estimate of drug-likeness (QED) is 0.785. The van der Waals surface area contributed by atoms with Crippen LogP contribution in [-0.2, 0) is 0 Å². The van der Waals surface area contributed by atoms with E-state index in [0.717, 1.165) is 12.0 Å². The molecule has 76 valence electrons. The maximum Gasteiger partial charge on any atom is 0.335 e. The summed E-state index contributed by atoms with van der Waals surface area (Å²) in [5, 5.41) is 8.75. The molecule has 0 radical (unpaired) electrons. The molecule has 1 saturated carbocycles. The minimum absolute atomic E-state index is 0. The molecule has 1 aliphatic rings. The minimum Gasteiger partial charge on any atom is -0.478 e. The number of nitrogens with two attached hydrogens (primary N) is 1. The Morgan fingerprint density at radius 1 is 1.50 bits per heavy atom. The molecule has 14 heavy (non-hydrogen) atoms. The first-order valence-corrected chi connectivity index (χ1v) is 4.27. The van der Waals surface area contributed by atoms with Crippen molar-refractivity contribution in [2.75, 3.05) is 0 Å². The molecule has 0 saturated heterocycles. The van der Waals surface area contributed by atoms with Gasteiger partial charge in [-0.25, -0.2) is 4.79 Å². The summed E-state index contributed by atoms with van der Waals surface area (Å²) in [6.45, 7) is 0. The van der Waals surface area contributed by atoms with Gasteiger partial charge in [-0.1, -0.05) is 12.1 Å². The molecule has 0 heterocycles. The van der Waals surface area contributed by atoms with Gasteiger partial charge in [-0.05, 0) is 24.1 Å². The fraction of sp³-hybridized carbons (Fsp3) is 0.300. The molecule has 0 aromatic heterocycles. The fourth-order valence-corrected chi connectivity index (χ4v) is 1.50. The summed E-state index contributed by atoms with van der Waals surface area (Å²) < 4.78 is 0. The van der Waals surface area contributed by atoms with E-state index in [1.54, 1.807) is 18.2 Å². The zero-order chi connectivity index (χ0) is 9.42. The van der Waals surface area contributed by atoms with Gasteiger partial charge < -0.3 is 10.8 Å². The van der Waals surface area contributed by atoms with Crippen molar-refractivity contribution in [3.63, 3.8) is 0 Å². The Bertz CT molecular complexity index is 354. The highest BCUT2D eigenvalue weighted by atomic mass is 35.5. The summed E-state index contributed by atoms with van der Waals surface area (Å²) in [6, 6.07) is 7.23. The second kappa shape index (κ2) is 3.98. The number of benzene rings is 1. The molecule has 0 amide bonds. The van der Waals surface area contributed by atoms with Gasteiger partial charge in [0.15, 0.2) is 0 Å². The molecule has 0 bridgehead atoms. The molecule has 1 aliphatic carbocycles. The lowest BCUT2D eigenvalue weighted by atomic mass is 10.1. The summed E-state index contributed by atoms with van der Waals surface area (Å²) in [7, 11) is 0. The van der Waals surface area contributed by atoms with Crippen LogP contribution >= 0.6 is 12.4 Å². The highest BCUT2D eigenvalue weighted by Crippen LogP contribution is 2.38. The molecule has 4 heteroatoms. The van der Waals surface area contributed by atoms with Crippen LogP contribution in [0, 0.1) is 0 Å². The van der Waals surface area contributed by atoms with E-state index in [-0.39, 0.29) is 18.4 Å². The van der Waals surface area contributed by atoms with E-state index in [9.17, 15) is 4.79 Å². The first kappa shape index (κ1) is 11.0. The summed E-state index contributed by atoms with van der Waals surface area (Å²) in [5.41, 5.74) is 7.07. The molecule has 3 N–H and O–H groups in total. The predicted molar refractivity (Wildman–Crippen MR) is 56.0 cm³/mol. The lowest BCUT2D eigenvalue weighted by Crippen LogP contribution is -2.02. The van der Waals surface area contributed by atoms with Crippen molar-refractivity contribution in [1.29, 1.82) is 0 Å². The van der Waals surface area contributed by atoms with Gasteiger partial charge >= 0.3 is 5.97 Å². The van der Waals surface area contributed by atoms with Gasteiger partial charge in [-0.2, -0.15) is 0 Å². The third-order valence-corrected chi connectivity index (χ3v) is 2.40. The lowest BCUT2D eigenvalue weighted by Gasteiger charge is -1.99. The van der Waals surface area contributed by atoms with Gasteiger partial charge in [0.25, 0.3) is 0 Å². The fourth-order valence-electron chi connectivity index (χ4n) is 1.50. The SMILES string of the molecule is Cl.NC1CC1c1cccc(C(=O)O)c1. The number of carbonyl (C=O) groups is 1. The Balaban J connectivity index is 0.000000980. The van der Waals surface area contributed by atoms with Crippen LogP contribution in [0.1, 0.15) is 28.3 Å². The number of halogens is 1. The number of hydrogen-bond donors (Lipinski definition) is 2. The average molecular weight is 214 g/mol. The molecule has 0 spiro atoms. The predicted octanol–water partition coefficient (Wildman–Crippen LogP) is 1.62. The van der Waals surface area contributed by atoms with Gasteiger partial charge in [0.1, 0.15) is 0 Å². The van der Waals surface area contributed by atoms with E-state index < -0.39 is 5.97 Å². The molecular formula is C10H12ClNO2. The highest BCUT2D eigenvalue weighted by Gasteiger charge is 2.34. The molecule has 1 aromatic rings. The van der Waals surface area contributed by atoms with Crippen molar-refractivity contribution in [3.05, 3.63) is 35.4 Å². The third kappa shape index (κ3) is 2.05. The summed E-state index contributed by atoms with van der Waals surface area (Å²) in [4.78, 5) is 10.6. The second-order valence-electron chi connectivity index (χ2n) is 3.44. The number of aromatic carboxylic acids is 1. The Hall–Kier alpha value is -1.06. The first-order valence-electron chi connectivity index (χ1n) is 4.27. The maximum atomic E-state index is 10.6. The molecule has 2 atom stereocenters. The zero-order valence-electron chi connectivity index (χ0n) is 7.51. The van der Waals surface area contributed by atoms with Crippen LogP contribution in [0.5, 0.6) is 0 Å². The normalized spacial score (nSPS) is 23.8. The van der Waals surface area contributed by atoms with E-state index in [1.165, 1.54) is 0 Å². The Morgan fingerprint density at radius 3 is 2.64 bits per heavy atom. The number of rotatable bonds is 2. The van der Waals surface area contributed by atoms with Crippen molar-refractivity contribution in [1.82, 2.24) is 0 Å². The van der Waals surface area contributed by atoms with E-state index in [2.05, 4.69) is 0 Å². The van der Waals surface area contributed by atoms with Gasteiger partial charge in [0, 0.05) is 12.0 Å². The van der Waals surface area contributed by atoms with Crippen molar-refractivity contribution in [2.24, 2.45) is 5.73 Å². The Kier molecular flexibility index (Phi) is 3.13. The monoisotopic (exact) mass is 213 g/mol. The molecule has 1 aromatic carbocycles. The summed E-state index contributed by atoms with van der Waals surface area (Å²) in [5.74, 6) is -0.504. The van der Waals surface area contributed by atoms with E-state index >= 15 is 0 Å². The van der Waals surface area contributed by atoms with Crippen LogP contribution in [-0.4, -0.2) is 17.1 Å². The highest BCUT2D eigenvalue weighted by molar-refractivity contribution is 5.87. The van der Waals surface area contributed by atoms with Gasteiger partial charge in [-0.15, -0.1) is 12.4 Å². The largest absolute Gasteiger partial charge is 0.478 e. The minimum atomic E-state index is -0.879. The van der Waals surface area contributed by atoms with E-state index in [4.69, 9.17) is 10.8 Å². The number of carboxylic acid groups (broad SMARTS) is 1. The standard InChI is InChI=1S/C10H11NO2.ClH/c11-9-5-8(9)6-2-1-3-7(4-6)10(12)13;/h1-4,8-9H,5,11H2,(H,12,13);1H. The van der Waals surface area contributed by atoms with Crippen molar-refractivity contribution < 1.29 is 9.90 Å². The molecule has 3 nitrogen and oxygen atoms in total. The number of carboxylic acids is 1. The lowest BCUT2D eigenvalue weighted by molar-refractivity contribution is 0.0697. The smallest absolute Gasteiger partial charge is 0.335 e. The van der Waals surface area contributed by atoms with Gasteiger partial charge in [0.2, 0.25) is 0 Å². The van der Waals surface area contributed by atoms with Crippen LogP contribution in [0.25, 0.3) is 0 Å². The Labute approximate surface area is 88.3 Å². The molecule has 2 rings (SSSR count). The average Bonchev–Trinajstić information content (AvgIpc) is 2.83. The van der Waals surface area contributed by atoms with Crippen LogP contribution in [0.2, 0.25) is 0 Å². The molecule has 2 unspecified atom stereocenters. The summed E-state index contributed by atoms with van der Waals surface area (Å²) in [6.07, 6.45) is 0.975. The molecule has 0 aliphatic heterocycles. The van der Waals surface area contributed by atoms with Crippen molar-refractivity contribution in [3.8, 4) is 0 Å². The molecular weight excluding hydrogens is 202 g/mol. The van der Waals surface area contributed by atoms with Crippen molar-refractivity contribution in [2.45, 2.75) is 18.4 Å². The zero-order valence-corrected chi connectivity index (χ0v) is 8.33. The first-order chi connectivity index (χ1) is 6.18. The van der Waals surface area contributed by atoms with Crippen LogP contribution in [0.4, 0.5) is 0 Å². The topological polar surface area (TPSA) is 63.3 Å². The van der Waals surface area contributed by atoms with Crippen LogP contribution < -0.4 is 5.73 Å². The van der Waals surface area contributed by atoms with E-state index in [0.29, 0.717) is 11.5 Å². The number of hydrogen-bond acceptors (Lipinski definition) is 2. The Morgan fingerprint density at radius 2 is 2.14 bits per heavy atom. The van der Waals surface area contributed by atoms with E-state index in [1.807, 2.05) is 6.07 Å². The van der Waals surface area contributed by atoms with Crippen LogP contribution in [0.15, 0.2) is 24.3 Å². The third-order valence-electron chi connectivity index (χ3n) is 2.40. The van der Waals surface area contributed by atoms with Gasteiger partial charge in [-0.3, -0.25) is 0 Å². The van der Waals surface area contributed by atoms with Crippen LogP contribution in [0.3, 0.4) is 0 Å². The van der Waals surface area contributed by atoms with Gasteiger partial charge in [0.05, 0.1) is 5.56 Å². The molecule has 1 fully saturated rings. The maximum absolute atomic E-state index is 10.6. The van der Waals surface area contributed by atoms with Crippen molar-refractivity contribution >= 4 is 18.4 Å². The second-order valence-corrected chi connectivity index (χ2v) is 3.44. The summed E-state index contributed by atoms with van der Waals surface area (Å²) >= 11 is 0.